The van der Waals surface area contributed by atoms with Crippen LogP contribution in [0.4, 0.5) is 0 Å². The summed E-state index contributed by atoms with van der Waals surface area (Å²) in [7, 11) is 0. The zero-order valence-electron chi connectivity index (χ0n) is 11.7. The molecule has 108 valence electrons. The number of fused-ring (bicyclic) bond motifs is 1. The van der Waals surface area contributed by atoms with E-state index in [1.165, 1.54) is 5.56 Å². The van der Waals surface area contributed by atoms with Gasteiger partial charge in [0.1, 0.15) is 13.2 Å². The third-order valence-corrected chi connectivity index (χ3v) is 4.59. The van der Waals surface area contributed by atoms with Gasteiger partial charge in [-0.05, 0) is 30.5 Å². The van der Waals surface area contributed by atoms with Crippen LogP contribution in [0.1, 0.15) is 18.9 Å². The Morgan fingerprint density at radius 1 is 1.30 bits per heavy atom. The molecule has 1 aromatic carbocycles. The molecule has 0 saturated carbocycles. The molecule has 0 radical (unpaired) electrons. The number of hydrogen-bond donors (Lipinski definition) is 1. The van der Waals surface area contributed by atoms with E-state index in [9.17, 15) is 0 Å². The summed E-state index contributed by atoms with van der Waals surface area (Å²) in [6, 6.07) is 6.75. The van der Waals surface area contributed by atoms with Crippen molar-refractivity contribution >= 4 is 16.9 Å². The van der Waals surface area contributed by atoms with E-state index < -0.39 is 0 Å². The molecular weight excluding hydrogens is 272 g/mol. The van der Waals surface area contributed by atoms with Gasteiger partial charge in [0.2, 0.25) is 0 Å². The van der Waals surface area contributed by atoms with Crippen LogP contribution in [0.5, 0.6) is 11.5 Å². The third-order valence-electron chi connectivity index (χ3n) is 3.50. The van der Waals surface area contributed by atoms with Crippen LogP contribution in [0.3, 0.4) is 0 Å². The minimum absolute atomic E-state index is 0.591. The molecule has 1 unspecified atom stereocenters. The zero-order chi connectivity index (χ0) is 13.8. The van der Waals surface area contributed by atoms with Crippen molar-refractivity contribution in [2.45, 2.75) is 25.8 Å². The van der Waals surface area contributed by atoms with Crippen molar-refractivity contribution in [1.29, 1.82) is 0 Å². The van der Waals surface area contributed by atoms with Crippen molar-refractivity contribution in [2.24, 2.45) is 4.99 Å². The fourth-order valence-electron chi connectivity index (χ4n) is 2.28. The summed E-state index contributed by atoms with van der Waals surface area (Å²) < 4.78 is 11.1. The summed E-state index contributed by atoms with van der Waals surface area (Å²) in [5.41, 5.74) is 1.24. The van der Waals surface area contributed by atoms with Crippen molar-refractivity contribution in [3.8, 4) is 11.5 Å². The normalized spacial score (nSPS) is 22.9. The number of amidine groups is 1. The lowest BCUT2D eigenvalue weighted by Crippen LogP contribution is -2.25. The van der Waals surface area contributed by atoms with E-state index in [4.69, 9.17) is 9.47 Å². The van der Waals surface area contributed by atoms with E-state index in [-0.39, 0.29) is 0 Å². The Bertz CT molecular complexity index is 505. The van der Waals surface area contributed by atoms with Crippen LogP contribution in [0, 0.1) is 0 Å². The Labute approximate surface area is 123 Å². The quantitative estimate of drug-likeness (QED) is 0.926. The Balaban J connectivity index is 1.55. The van der Waals surface area contributed by atoms with Gasteiger partial charge in [0.05, 0.1) is 0 Å². The topological polar surface area (TPSA) is 42.9 Å². The highest BCUT2D eigenvalue weighted by Crippen LogP contribution is 2.30. The highest BCUT2D eigenvalue weighted by Gasteiger charge is 2.17. The molecule has 1 fully saturated rings. The average molecular weight is 292 g/mol. The van der Waals surface area contributed by atoms with Crippen LogP contribution >= 0.6 is 11.8 Å². The van der Waals surface area contributed by atoms with Gasteiger partial charge in [0.25, 0.3) is 0 Å². The maximum atomic E-state index is 5.60. The van der Waals surface area contributed by atoms with Gasteiger partial charge in [-0.2, -0.15) is 0 Å². The smallest absolute Gasteiger partial charge is 0.161 e. The summed E-state index contributed by atoms with van der Waals surface area (Å²) in [5, 5.41) is 4.54. The number of hydrogen-bond acceptors (Lipinski definition) is 4. The minimum atomic E-state index is 0.591. The first-order valence-corrected chi connectivity index (χ1v) is 8.16. The Morgan fingerprint density at radius 2 is 2.15 bits per heavy atom. The number of nitrogens with zero attached hydrogens (tertiary/aromatic N) is 1. The maximum Gasteiger partial charge on any atom is 0.161 e. The summed E-state index contributed by atoms with van der Waals surface area (Å²) in [6.07, 6.45) is 2.09. The molecule has 1 saturated heterocycles. The minimum Gasteiger partial charge on any atom is -0.486 e. The van der Waals surface area contributed by atoms with Gasteiger partial charge in [-0.15, -0.1) is 0 Å². The Morgan fingerprint density at radius 3 is 2.95 bits per heavy atom. The molecule has 1 N–H and O–H groups in total. The molecule has 0 aliphatic carbocycles. The number of rotatable bonds is 4. The molecular formula is C15H20N2O2S. The lowest BCUT2D eigenvalue weighted by molar-refractivity contribution is 0.171. The predicted octanol–water partition coefficient (Wildman–Crippen LogP) is 2.47. The van der Waals surface area contributed by atoms with Gasteiger partial charge in [-0.25, -0.2) is 0 Å². The van der Waals surface area contributed by atoms with Crippen LogP contribution in [0.25, 0.3) is 0 Å². The summed E-state index contributed by atoms with van der Waals surface area (Å²) in [5.74, 6) is 2.85. The third kappa shape index (κ3) is 3.20. The standard InChI is InChI=1S/C15H20N2O2S/c1-2-12-10-20-15(17-12)16-6-5-11-3-4-13-14(9-11)19-8-7-18-13/h3-4,9,12H,2,5-8,10H2,1H3,(H,16,17). The van der Waals surface area contributed by atoms with E-state index in [2.05, 4.69) is 29.4 Å². The van der Waals surface area contributed by atoms with Crippen molar-refractivity contribution in [2.75, 3.05) is 25.5 Å². The van der Waals surface area contributed by atoms with Crippen molar-refractivity contribution < 1.29 is 9.47 Å². The number of benzene rings is 1. The highest BCUT2D eigenvalue weighted by atomic mass is 32.2. The van der Waals surface area contributed by atoms with E-state index >= 15 is 0 Å². The average Bonchev–Trinajstić information content (AvgIpc) is 2.95. The van der Waals surface area contributed by atoms with Crippen LogP contribution in [0.15, 0.2) is 23.2 Å². The van der Waals surface area contributed by atoms with Gasteiger partial charge in [0.15, 0.2) is 16.7 Å². The number of aliphatic imine (C=N–C) groups is 1. The van der Waals surface area contributed by atoms with Crippen molar-refractivity contribution in [3.63, 3.8) is 0 Å². The summed E-state index contributed by atoms with van der Waals surface area (Å²) in [4.78, 5) is 4.63. The fraction of sp³-hybridized carbons (Fsp3) is 0.533. The maximum absolute atomic E-state index is 5.60. The van der Waals surface area contributed by atoms with Crippen molar-refractivity contribution in [1.82, 2.24) is 5.32 Å². The molecule has 0 spiro atoms. The van der Waals surface area contributed by atoms with Crippen LogP contribution in [0.2, 0.25) is 0 Å². The molecule has 3 rings (SSSR count). The molecule has 0 bridgehead atoms. The number of ether oxygens (including phenoxy) is 2. The van der Waals surface area contributed by atoms with Gasteiger partial charge in [-0.1, -0.05) is 24.8 Å². The largest absolute Gasteiger partial charge is 0.486 e. The molecule has 2 aliphatic rings. The number of thioether (sulfide) groups is 1. The van der Waals surface area contributed by atoms with Gasteiger partial charge < -0.3 is 14.8 Å². The van der Waals surface area contributed by atoms with Crippen molar-refractivity contribution in [3.05, 3.63) is 23.8 Å². The molecule has 1 atom stereocenters. The first-order chi connectivity index (χ1) is 9.85. The summed E-state index contributed by atoms with van der Waals surface area (Å²) >= 11 is 1.83. The first-order valence-electron chi connectivity index (χ1n) is 7.17. The van der Waals surface area contributed by atoms with Crippen LogP contribution in [-0.4, -0.2) is 36.7 Å². The second-order valence-electron chi connectivity index (χ2n) is 4.98. The summed E-state index contributed by atoms with van der Waals surface area (Å²) in [6.45, 7) is 4.29. The highest BCUT2D eigenvalue weighted by molar-refractivity contribution is 8.14. The lowest BCUT2D eigenvalue weighted by atomic mass is 10.1. The van der Waals surface area contributed by atoms with Crippen LogP contribution < -0.4 is 14.8 Å². The van der Waals surface area contributed by atoms with Crippen LogP contribution in [-0.2, 0) is 6.42 Å². The monoisotopic (exact) mass is 292 g/mol. The molecule has 20 heavy (non-hydrogen) atoms. The SMILES string of the molecule is CCC1CSC(=NCCc2ccc3c(c2)OCCO3)N1. The molecule has 5 heteroatoms. The lowest BCUT2D eigenvalue weighted by Gasteiger charge is -2.18. The first kappa shape index (κ1) is 13.6. The Kier molecular flexibility index (Phi) is 4.35. The molecule has 0 amide bonds. The molecule has 2 heterocycles. The van der Waals surface area contributed by atoms with E-state index in [1.807, 2.05) is 17.8 Å². The molecule has 0 aromatic heterocycles. The second-order valence-corrected chi connectivity index (χ2v) is 5.98. The molecule has 4 nitrogen and oxygen atoms in total. The van der Waals surface area contributed by atoms with E-state index in [0.29, 0.717) is 19.3 Å². The van der Waals surface area contributed by atoms with Gasteiger partial charge in [0, 0.05) is 18.3 Å². The van der Waals surface area contributed by atoms with E-state index in [0.717, 1.165) is 41.8 Å². The molecule has 2 aliphatic heterocycles. The second kappa shape index (κ2) is 6.39. The number of nitrogens with one attached hydrogen (secondary N) is 1. The van der Waals surface area contributed by atoms with Gasteiger partial charge >= 0.3 is 0 Å². The molecule has 1 aromatic rings. The Hall–Kier alpha value is -1.36. The zero-order valence-corrected chi connectivity index (χ0v) is 12.5. The predicted molar refractivity (Wildman–Crippen MR) is 83.1 cm³/mol. The van der Waals surface area contributed by atoms with E-state index in [1.54, 1.807) is 0 Å². The van der Waals surface area contributed by atoms with Gasteiger partial charge in [-0.3, -0.25) is 4.99 Å². The fourth-order valence-corrected chi connectivity index (χ4v) is 3.39.